The summed E-state index contributed by atoms with van der Waals surface area (Å²) < 4.78 is 25.3. The van der Waals surface area contributed by atoms with Crippen molar-refractivity contribution in [2.75, 3.05) is 32.8 Å². The molecule has 1 saturated heterocycles. The third kappa shape index (κ3) is 2.91. The Labute approximate surface area is 140 Å². The van der Waals surface area contributed by atoms with Gasteiger partial charge in [0.2, 0.25) is 0 Å². The molecule has 5 nitrogen and oxygen atoms in total. The van der Waals surface area contributed by atoms with Crippen LogP contribution in [0.4, 0.5) is 4.39 Å². The lowest BCUT2D eigenvalue weighted by Crippen LogP contribution is -2.48. The number of ether oxygens (including phenoxy) is 2. The summed E-state index contributed by atoms with van der Waals surface area (Å²) in [6, 6.07) is 5.57. The van der Waals surface area contributed by atoms with Crippen molar-refractivity contribution in [2.45, 2.75) is 25.1 Å². The topological polar surface area (TPSA) is 60.6 Å². The standard InChI is InChI=1S/C18H22FN3O2/c19-13-11-22(8-5-14(13)20)7-4-12-3-6-21-15-1-2-16-18(17(12)15)24-10-9-23-16/h1-3,6,13-14H,4-5,7-11,20H2/t13-,14+/m1/s1. The van der Waals surface area contributed by atoms with Crippen LogP contribution in [0.3, 0.4) is 0 Å². The van der Waals surface area contributed by atoms with Gasteiger partial charge in [-0.3, -0.25) is 9.88 Å². The second kappa shape index (κ2) is 6.53. The van der Waals surface area contributed by atoms with Gasteiger partial charge >= 0.3 is 0 Å². The van der Waals surface area contributed by atoms with E-state index in [2.05, 4.69) is 9.88 Å². The number of rotatable bonds is 3. The maximum Gasteiger partial charge on any atom is 0.171 e. The number of piperidine rings is 1. The van der Waals surface area contributed by atoms with Crippen molar-refractivity contribution in [2.24, 2.45) is 5.73 Å². The summed E-state index contributed by atoms with van der Waals surface area (Å²) in [6.45, 7) is 3.19. The minimum Gasteiger partial charge on any atom is -0.486 e. The van der Waals surface area contributed by atoms with Crippen LogP contribution in [0.15, 0.2) is 24.4 Å². The Morgan fingerprint density at radius 3 is 3.00 bits per heavy atom. The lowest BCUT2D eigenvalue weighted by atomic mass is 10.0. The van der Waals surface area contributed by atoms with Gasteiger partial charge in [0, 0.05) is 30.7 Å². The number of fused-ring (bicyclic) bond motifs is 3. The van der Waals surface area contributed by atoms with Gasteiger partial charge in [-0.1, -0.05) is 0 Å². The van der Waals surface area contributed by atoms with E-state index in [-0.39, 0.29) is 6.04 Å². The van der Waals surface area contributed by atoms with E-state index in [4.69, 9.17) is 15.2 Å². The first kappa shape index (κ1) is 15.6. The third-order valence-corrected chi connectivity index (χ3v) is 4.87. The van der Waals surface area contributed by atoms with Crippen molar-refractivity contribution in [3.8, 4) is 11.5 Å². The Kier molecular flexibility index (Phi) is 4.24. The molecule has 0 spiro atoms. The van der Waals surface area contributed by atoms with Crippen molar-refractivity contribution < 1.29 is 13.9 Å². The first-order chi connectivity index (χ1) is 11.7. The van der Waals surface area contributed by atoms with Crippen LogP contribution in [0.25, 0.3) is 10.9 Å². The molecular weight excluding hydrogens is 309 g/mol. The molecule has 2 aromatic rings. The summed E-state index contributed by atoms with van der Waals surface area (Å²) in [5.74, 6) is 1.56. The number of alkyl halides is 1. The highest BCUT2D eigenvalue weighted by Gasteiger charge is 2.26. The van der Waals surface area contributed by atoms with Crippen LogP contribution in [-0.2, 0) is 6.42 Å². The van der Waals surface area contributed by atoms with Crippen molar-refractivity contribution in [3.63, 3.8) is 0 Å². The average molecular weight is 331 g/mol. The zero-order valence-electron chi connectivity index (χ0n) is 13.6. The molecule has 0 radical (unpaired) electrons. The van der Waals surface area contributed by atoms with E-state index in [0.717, 1.165) is 47.5 Å². The van der Waals surface area contributed by atoms with Crippen LogP contribution in [0, 0.1) is 0 Å². The fraction of sp³-hybridized carbons (Fsp3) is 0.500. The van der Waals surface area contributed by atoms with E-state index in [0.29, 0.717) is 26.2 Å². The summed E-state index contributed by atoms with van der Waals surface area (Å²) in [5.41, 5.74) is 7.82. The second-order valence-corrected chi connectivity index (χ2v) is 6.47. The fourth-order valence-corrected chi connectivity index (χ4v) is 3.49. The SMILES string of the molecule is N[C@H]1CCN(CCc2ccnc3ccc4c(c23)OCCO4)C[C@H]1F. The molecule has 24 heavy (non-hydrogen) atoms. The van der Waals surface area contributed by atoms with Crippen LogP contribution in [0.2, 0.25) is 0 Å². The normalized spacial score (nSPS) is 24.2. The van der Waals surface area contributed by atoms with Crippen LogP contribution < -0.4 is 15.2 Å². The van der Waals surface area contributed by atoms with Crippen molar-refractivity contribution >= 4 is 10.9 Å². The van der Waals surface area contributed by atoms with Crippen LogP contribution in [-0.4, -0.2) is 54.9 Å². The Morgan fingerprint density at radius 2 is 2.12 bits per heavy atom. The number of nitrogens with two attached hydrogens (primary N) is 1. The molecule has 4 rings (SSSR count). The van der Waals surface area contributed by atoms with E-state index < -0.39 is 6.17 Å². The first-order valence-electron chi connectivity index (χ1n) is 8.50. The molecule has 2 N–H and O–H groups in total. The lowest BCUT2D eigenvalue weighted by Gasteiger charge is -2.32. The summed E-state index contributed by atoms with van der Waals surface area (Å²) in [4.78, 5) is 6.59. The highest BCUT2D eigenvalue weighted by molar-refractivity contribution is 5.91. The van der Waals surface area contributed by atoms with E-state index >= 15 is 0 Å². The maximum absolute atomic E-state index is 13.8. The van der Waals surface area contributed by atoms with Gasteiger partial charge in [-0.2, -0.15) is 0 Å². The zero-order chi connectivity index (χ0) is 16.5. The van der Waals surface area contributed by atoms with Gasteiger partial charge in [0.05, 0.1) is 5.52 Å². The van der Waals surface area contributed by atoms with Crippen molar-refractivity contribution in [1.29, 1.82) is 0 Å². The molecule has 0 aliphatic carbocycles. The van der Waals surface area contributed by atoms with E-state index in [1.165, 1.54) is 0 Å². The molecule has 3 heterocycles. The minimum atomic E-state index is -0.933. The quantitative estimate of drug-likeness (QED) is 0.931. The summed E-state index contributed by atoms with van der Waals surface area (Å²) in [7, 11) is 0. The van der Waals surface area contributed by atoms with Crippen LogP contribution in [0.1, 0.15) is 12.0 Å². The number of benzene rings is 1. The number of nitrogens with zero attached hydrogens (tertiary/aromatic N) is 2. The highest BCUT2D eigenvalue weighted by Crippen LogP contribution is 2.38. The number of hydrogen-bond acceptors (Lipinski definition) is 5. The van der Waals surface area contributed by atoms with Gasteiger partial charge in [0.1, 0.15) is 19.4 Å². The summed E-state index contributed by atoms with van der Waals surface area (Å²) in [6.07, 6.45) is 2.42. The van der Waals surface area contributed by atoms with Gasteiger partial charge in [-0.05, 0) is 43.1 Å². The Hall–Kier alpha value is -1.92. The van der Waals surface area contributed by atoms with E-state index in [1.807, 2.05) is 24.4 Å². The molecule has 128 valence electrons. The fourth-order valence-electron chi connectivity index (χ4n) is 3.49. The number of aromatic nitrogens is 1. The molecule has 2 aliphatic heterocycles. The molecule has 1 aromatic carbocycles. The first-order valence-corrected chi connectivity index (χ1v) is 8.50. The predicted octanol–water partition coefficient (Wildman–Crippen LogP) is 1.92. The average Bonchev–Trinajstić information content (AvgIpc) is 2.62. The minimum absolute atomic E-state index is 0.319. The molecule has 0 bridgehead atoms. The van der Waals surface area contributed by atoms with Gasteiger partial charge in [-0.15, -0.1) is 0 Å². The number of pyridine rings is 1. The smallest absolute Gasteiger partial charge is 0.171 e. The molecule has 1 fully saturated rings. The molecule has 0 amide bonds. The number of hydrogen-bond donors (Lipinski definition) is 1. The highest BCUT2D eigenvalue weighted by atomic mass is 19.1. The Morgan fingerprint density at radius 1 is 1.25 bits per heavy atom. The molecule has 1 aromatic heterocycles. The maximum atomic E-state index is 13.8. The van der Waals surface area contributed by atoms with Gasteiger partial charge < -0.3 is 15.2 Å². The second-order valence-electron chi connectivity index (χ2n) is 6.47. The van der Waals surface area contributed by atoms with Crippen LogP contribution in [0.5, 0.6) is 11.5 Å². The molecule has 0 unspecified atom stereocenters. The zero-order valence-corrected chi connectivity index (χ0v) is 13.6. The lowest BCUT2D eigenvalue weighted by molar-refractivity contribution is 0.121. The Bertz CT molecular complexity index is 740. The van der Waals surface area contributed by atoms with Crippen molar-refractivity contribution in [1.82, 2.24) is 9.88 Å². The summed E-state index contributed by atoms with van der Waals surface area (Å²) >= 11 is 0. The molecule has 2 aliphatic rings. The van der Waals surface area contributed by atoms with Gasteiger partial charge in [0.15, 0.2) is 11.5 Å². The summed E-state index contributed by atoms with van der Waals surface area (Å²) in [5, 5.41) is 1.01. The third-order valence-electron chi connectivity index (χ3n) is 4.87. The molecule has 2 atom stereocenters. The Balaban J connectivity index is 1.58. The van der Waals surface area contributed by atoms with Crippen molar-refractivity contribution in [3.05, 3.63) is 30.0 Å². The predicted molar refractivity (Wildman–Crippen MR) is 90.4 cm³/mol. The molecule has 0 saturated carbocycles. The van der Waals surface area contributed by atoms with Crippen LogP contribution >= 0.6 is 0 Å². The largest absolute Gasteiger partial charge is 0.486 e. The van der Waals surface area contributed by atoms with E-state index in [1.54, 1.807) is 0 Å². The van der Waals surface area contributed by atoms with Gasteiger partial charge in [0.25, 0.3) is 0 Å². The number of likely N-dealkylation sites (tertiary alicyclic amines) is 1. The molecular formula is C18H22FN3O2. The van der Waals surface area contributed by atoms with E-state index in [9.17, 15) is 4.39 Å². The number of halogens is 1. The monoisotopic (exact) mass is 331 g/mol. The molecule has 6 heteroatoms. The van der Waals surface area contributed by atoms with Gasteiger partial charge in [-0.25, -0.2) is 4.39 Å².